The lowest BCUT2D eigenvalue weighted by atomic mass is 10.1. The van der Waals surface area contributed by atoms with Gasteiger partial charge in [-0.15, -0.1) is 0 Å². The molecule has 0 saturated heterocycles. The monoisotopic (exact) mass is 405 g/mol. The summed E-state index contributed by atoms with van der Waals surface area (Å²) in [4.78, 5) is 26.1. The van der Waals surface area contributed by atoms with Crippen LogP contribution < -0.4 is 10.9 Å². The van der Waals surface area contributed by atoms with Gasteiger partial charge in [0.25, 0.3) is 5.56 Å². The minimum absolute atomic E-state index is 0.00622. The van der Waals surface area contributed by atoms with Crippen molar-refractivity contribution in [2.45, 2.75) is 19.9 Å². The Balaban J connectivity index is 1.97. The molecule has 5 nitrogen and oxygen atoms in total. The predicted molar refractivity (Wildman–Crippen MR) is 98.1 cm³/mol. The van der Waals surface area contributed by atoms with Crippen molar-refractivity contribution in [3.05, 3.63) is 86.8 Å². The van der Waals surface area contributed by atoms with Crippen molar-refractivity contribution in [2.75, 3.05) is 5.32 Å². The van der Waals surface area contributed by atoms with Crippen LogP contribution in [0.5, 0.6) is 0 Å². The van der Waals surface area contributed by atoms with Gasteiger partial charge in [0.05, 0.1) is 6.54 Å². The second kappa shape index (κ2) is 8.26. The Bertz CT molecular complexity index is 1120. The lowest BCUT2D eigenvalue weighted by Crippen LogP contribution is -2.16. The van der Waals surface area contributed by atoms with E-state index in [1.54, 1.807) is 6.92 Å². The summed E-state index contributed by atoms with van der Waals surface area (Å²) >= 11 is 0. The van der Waals surface area contributed by atoms with Gasteiger partial charge >= 0.3 is 0 Å². The Morgan fingerprint density at radius 3 is 2.41 bits per heavy atom. The van der Waals surface area contributed by atoms with Gasteiger partial charge < -0.3 is 14.7 Å². The van der Waals surface area contributed by atoms with E-state index in [1.165, 1.54) is 16.8 Å². The van der Waals surface area contributed by atoms with Gasteiger partial charge in [-0.2, -0.15) is 4.98 Å². The van der Waals surface area contributed by atoms with Crippen LogP contribution in [0.1, 0.15) is 16.7 Å². The van der Waals surface area contributed by atoms with Crippen LogP contribution >= 0.6 is 0 Å². The van der Waals surface area contributed by atoms with Crippen LogP contribution in [-0.2, 0) is 17.8 Å². The molecule has 2 aromatic carbocycles. The van der Waals surface area contributed by atoms with E-state index >= 15 is 0 Å². The fourth-order valence-corrected chi connectivity index (χ4v) is 2.80. The molecule has 0 unspecified atom stereocenters. The third-order valence-corrected chi connectivity index (χ3v) is 4.22. The first kappa shape index (κ1) is 20.2. The van der Waals surface area contributed by atoms with Gasteiger partial charge in [0.15, 0.2) is 17.5 Å². The van der Waals surface area contributed by atoms with Crippen molar-refractivity contribution in [2.24, 2.45) is 0 Å². The van der Waals surface area contributed by atoms with Crippen molar-refractivity contribution < 1.29 is 22.4 Å². The Kier molecular flexibility index (Phi) is 5.76. The number of rotatable bonds is 6. The summed E-state index contributed by atoms with van der Waals surface area (Å²) in [6.07, 6.45) is 1.84. The molecule has 0 amide bonds. The summed E-state index contributed by atoms with van der Waals surface area (Å²) in [5, 5.41) is 2.81. The summed E-state index contributed by atoms with van der Waals surface area (Å²) < 4.78 is 55.7. The minimum atomic E-state index is -1.58. The number of carbonyl (C=O) groups is 1. The molecule has 1 heterocycles. The second-order valence-electron chi connectivity index (χ2n) is 6.35. The van der Waals surface area contributed by atoms with E-state index < -0.39 is 28.8 Å². The van der Waals surface area contributed by atoms with Gasteiger partial charge in [0.2, 0.25) is 5.95 Å². The summed E-state index contributed by atoms with van der Waals surface area (Å²) in [7, 11) is 0. The number of carbonyl (C=O) groups excluding carboxylic acids is 1. The molecular weight excluding hydrogens is 390 g/mol. The van der Waals surface area contributed by atoms with Gasteiger partial charge in [0.1, 0.15) is 12.1 Å². The molecular formula is C20H15F4N3O2. The van der Waals surface area contributed by atoms with Crippen LogP contribution in [0, 0.1) is 30.2 Å². The van der Waals surface area contributed by atoms with E-state index in [4.69, 9.17) is 0 Å². The standard InChI is InChI=1S/C20H15F4N3O2/c1-11-6-13(3-5-28)14(21)9-17(11)25-20-26-18(29)2-4-27(20)10-12-7-15(22)19(24)16(23)8-12/h2,4-9H,3,10H2,1H3,(H,25,26,29). The van der Waals surface area contributed by atoms with Gasteiger partial charge in [0, 0.05) is 24.4 Å². The maximum Gasteiger partial charge on any atom is 0.274 e. The molecule has 3 rings (SSSR count). The number of nitrogens with zero attached hydrogens (tertiary/aromatic N) is 2. The number of nitrogens with one attached hydrogen (secondary N) is 1. The van der Waals surface area contributed by atoms with Crippen LogP contribution in [0.3, 0.4) is 0 Å². The van der Waals surface area contributed by atoms with E-state index in [9.17, 15) is 27.2 Å². The van der Waals surface area contributed by atoms with Gasteiger partial charge in [-0.1, -0.05) is 6.07 Å². The van der Waals surface area contributed by atoms with Crippen molar-refractivity contribution in [1.82, 2.24) is 9.55 Å². The van der Waals surface area contributed by atoms with Crippen molar-refractivity contribution in [1.29, 1.82) is 0 Å². The Morgan fingerprint density at radius 2 is 1.76 bits per heavy atom. The van der Waals surface area contributed by atoms with E-state index in [0.717, 1.165) is 24.3 Å². The number of anilines is 2. The summed E-state index contributed by atoms with van der Waals surface area (Å²) in [6, 6.07) is 5.46. The largest absolute Gasteiger partial charge is 0.325 e. The molecule has 1 aromatic heterocycles. The molecule has 0 radical (unpaired) electrons. The summed E-state index contributed by atoms with van der Waals surface area (Å²) in [6.45, 7) is 1.54. The number of aryl methyl sites for hydroxylation is 1. The summed E-state index contributed by atoms with van der Waals surface area (Å²) in [5.41, 5.74) is 0.612. The van der Waals surface area contributed by atoms with Gasteiger partial charge in [-0.3, -0.25) is 4.79 Å². The minimum Gasteiger partial charge on any atom is -0.325 e. The Labute approximate surface area is 162 Å². The molecule has 0 aliphatic rings. The average Bonchev–Trinajstić information content (AvgIpc) is 2.66. The van der Waals surface area contributed by atoms with Crippen LogP contribution in [0.2, 0.25) is 0 Å². The molecule has 0 atom stereocenters. The van der Waals surface area contributed by atoms with Crippen LogP contribution in [0.25, 0.3) is 0 Å². The molecule has 1 N–H and O–H groups in total. The van der Waals surface area contributed by atoms with E-state index in [-0.39, 0.29) is 30.0 Å². The molecule has 0 spiro atoms. The molecule has 9 heteroatoms. The number of halogens is 4. The number of aldehydes is 1. The Hall–Kier alpha value is -3.49. The third kappa shape index (κ3) is 4.50. The maximum atomic E-state index is 14.2. The first-order chi connectivity index (χ1) is 13.8. The van der Waals surface area contributed by atoms with E-state index in [2.05, 4.69) is 10.3 Å². The zero-order valence-electron chi connectivity index (χ0n) is 15.2. The van der Waals surface area contributed by atoms with Crippen molar-refractivity contribution in [3.63, 3.8) is 0 Å². The molecule has 150 valence electrons. The quantitative estimate of drug-likeness (QED) is 0.386. The van der Waals surface area contributed by atoms with Crippen molar-refractivity contribution >= 4 is 17.9 Å². The highest BCUT2D eigenvalue weighted by atomic mass is 19.2. The van der Waals surface area contributed by atoms with E-state index in [0.29, 0.717) is 17.5 Å². The average molecular weight is 405 g/mol. The maximum absolute atomic E-state index is 14.2. The fraction of sp³-hybridized carbons (Fsp3) is 0.150. The van der Waals surface area contributed by atoms with Crippen LogP contribution in [0.15, 0.2) is 41.3 Å². The van der Waals surface area contributed by atoms with Crippen LogP contribution in [0.4, 0.5) is 29.2 Å². The highest BCUT2D eigenvalue weighted by Crippen LogP contribution is 2.24. The number of hydrogen-bond donors (Lipinski definition) is 1. The molecule has 3 aromatic rings. The zero-order chi connectivity index (χ0) is 21.1. The molecule has 0 fully saturated rings. The first-order valence-corrected chi connectivity index (χ1v) is 8.49. The highest BCUT2D eigenvalue weighted by molar-refractivity contribution is 5.62. The molecule has 29 heavy (non-hydrogen) atoms. The Morgan fingerprint density at radius 1 is 1.07 bits per heavy atom. The number of hydrogen-bond acceptors (Lipinski definition) is 4. The highest BCUT2D eigenvalue weighted by Gasteiger charge is 2.13. The zero-order valence-corrected chi connectivity index (χ0v) is 15.2. The summed E-state index contributed by atoms with van der Waals surface area (Å²) in [5.74, 6) is -4.88. The number of benzene rings is 2. The SMILES string of the molecule is Cc1cc(CC=O)c(F)cc1Nc1nc(=O)ccn1Cc1cc(F)c(F)c(F)c1. The lowest BCUT2D eigenvalue weighted by Gasteiger charge is -2.16. The van der Waals surface area contributed by atoms with Gasteiger partial charge in [-0.05, 0) is 41.8 Å². The topological polar surface area (TPSA) is 64.0 Å². The predicted octanol–water partition coefficient (Wildman–Crippen LogP) is 3.64. The van der Waals surface area contributed by atoms with Crippen molar-refractivity contribution in [3.8, 4) is 0 Å². The number of aromatic nitrogens is 2. The van der Waals surface area contributed by atoms with E-state index in [1.807, 2.05) is 0 Å². The lowest BCUT2D eigenvalue weighted by molar-refractivity contribution is -0.107. The molecule has 0 aliphatic heterocycles. The van der Waals surface area contributed by atoms with Crippen LogP contribution in [-0.4, -0.2) is 15.8 Å². The first-order valence-electron chi connectivity index (χ1n) is 8.49. The molecule has 0 saturated carbocycles. The second-order valence-corrected chi connectivity index (χ2v) is 6.35. The fourth-order valence-electron chi connectivity index (χ4n) is 2.80. The smallest absolute Gasteiger partial charge is 0.274 e. The molecule has 0 bridgehead atoms. The molecule has 0 aliphatic carbocycles. The normalized spacial score (nSPS) is 10.8. The van der Waals surface area contributed by atoms with Gasteiger partial charge in [-0.25, -0.2) is 17.6 Å². The third-order valence-electron chi connectivity index (χ3n) is 4.22.